The molecule has 1 aliphatic rings. The standard InChI is InChI=1S/C13H27N3O4S/c1-13(2,3)20-12(17)14-21(18,19)16-8-6-11(7-9-16)10-15(4)5/h11H,6-10H2,1-5H3,(H,14,17). The number of piperidine rings is 1. The summed E-state index contributed by atoms with van der Waals surface area (Å²) < 4.78 is 32.5. The van der Waals surface area contributed by atoms with E-state index in [1.54, 1.807) is 20.8 Å². The van der Waals surface area contributed by atoms with Crippen molar-refractivity contribution in [1.29, 1.82) is 0 Å². The van der Waals surface area contributed by atoms with Gasteiger partial charge in [0, 0.05) is 19.6 Å². The van der Waals surface area contributed by atoms with E-state index in [2.05, 4.69) is 4.90 Å². The maximum absolute atomic E-state index is 12.1. The molecule has 124 valence electrons. The van der Waals surface area contributed by atoms with Gasteiger partial charge in [0.05, 0.1) is 0 Å². The Kier molecular flexibility index (Phi) is 6.01. The van der Waals surface area contributed by atoms with E-state index < -0.39 is 21.9 Å². The van der Waals surface area contributed by atoms with Crippen molar-refractivity contribution < 1.29 is 17.9 Å². The summed E-state index contributed by atoms with van der Waals surface area (Å²) in [6, 6.07) is 0. The van der Waals surface area contributed by atoms with Crippen LogP contribution in [0.1, 0.15) is 33.6 Å². The molecule has 0 aliphatic carbocycles. The molecule has 1 amide bonds. The monoisotopic (exact) mass is 321 g/mol. The van der Waals surface area contributed by atoms with Gasteiger partial charge in [-0.15, -0.1) is 0 Å². The van der Waals surface area contributed by atoms with Gasteiger partial charge in [-0.25, -0.2) is 9.52 Å². The van der Waals surface area contributed by atoms with Gasteiger partial charge in [-0.05, 0) is 53.6 Å². The molecular weight excluding hydrogens is 294 g/mol. The van der Waals surface area contributed by atoms with Crippen LogP contribution in [0.4, 0.5) is 4.79 Å². The SMILES string of the molecule is CN(C)CC1CCN(S(=O)(=O)NC(=O)OC(C)(C)C)CC1. The summed E-state index contributed by atoms with van der Waals surface area (Å²) >= 11 is 0. The van der Waals surface area contributed by atoms with Crippen LogP contribution >= 0.6 is 0 Å². The number of hydrogen-bond donors (Lipinski definition) is 1. The van der Waals surface area contributed by atoms with Gasteiger partial charge in [0.15, 0.2) is 0 Å². The van der Waals surface area contributed by atoms with E-state index in [4.69, 9.17) is 4.74 Å². The van der Waals surface area contributed by atoms with Gasteiger partial charge in [-0.3, -0.25) is 0 Å². The molecule has 0 bridgehead atoms. The first kappa shape index (κ1) is 18.2. The second-order valence-electron chi connectivity index (χ2n) is 6.71. The van der Waals surface area contributed by atoms with E-state index >= 15 is 0 Å². The Morgan fingerprint density at radius 3 is 2.24 bits per heavy atom. The molecule has 1 heterocycles. The Morgan fingerprint density at radius 2 is 1.81 bits per heavy atom. The number of carbonyl (C=O) groups excluding carboxylic acids is 1. The average Bonchev–Trinajstić information content (AvgIpc) is 2.24. The van der Waals surface area contributed by atoms with Crippen LogP contribution in [-0.4, -0.2) is 63.0 Å². The lowest BCUT2D eigenvalue weighted by molar-refractivity contribution is 0.0566. The molecule has 0 unspecified atom stereocenters. The lowest BCUT2D eigenvalue weighted by Crippen LogP contribution is -2.48. The first-order valence-corrected chi connectivity index (χ1v) is 8.59. The zero-order valence-electron chi connectivity index (χ0n) is 13.5. The van der Waals surface area contributed by atoms with E-state index in [0.717, 1.165) is 19.4 Å². The van der Waals surface area contributed by atoms with E-state index in [1.165, 1.54) is 4.31 Å². The highest BCUT2D eigenvalue weighted by atomic mass is 32.2. The van der Waals surface area contributed by atoms with Crippen LogP contribution in [0.5, 0.6) is 0 Å². The van der Waals surface area contributed by atoms with Crippen molar-refractivity contribution in [3.63, 3.8) is 0 Å². The third kappa shape index (κ3) is 6.62. The molecule has 21 heavy (non-hydrogen) atoms. The predicted octanol–water partition coefficient (Wildman–Crippen LogP) is 1.03. The fourth-order valence-electron chi connectivity index (χ4n) is 2.32. The molecule has 8 heteroatoms. The van der Waals surface area contributed by atoms with Gasteiger partial charge in [-0.1, -0.05) is 0 Å². The van der Waals surface area contributed by atoms with Crippen LogP contribution in [-0.2, 0) is 14.9 Å². The topological polar surface area (TPSA) is 79.0 Å². The van der Waals surface area contributed by atoms with Crippen LogP contribution in [0.15, 0.2) is 0 Å². The number of nitrogens with zero attached hydrogens (tertiary/aromatic N) is 2. The summed E-state index contributed by atoms with van der Waals surface area (Å²) in [5.41, 5.74) is -0.724. The zero-order valence-corrected chi connectivity index (χ0v) is 14.4. The van der Waals surface area contributed by atoms with Gasteiger partial charge in [0.25, 0.3) is 0 Å². The maximum Gasteiger partial charge on any atom is 0.422 e. The molecule has 1 rings (SSSR count). The Morgan fingerprint density at radius 1 is 1.29 bits per heavy atom. The fraction of sp³-hybridized carbons (Fsp3) is 0.923. The molecule has 1 fully saturated rings. The third-order valence-corrected chi connectivity index (χ3v) is 4.62. The number of amides is 1. The van der Waals surface area contributed by atoms with Crippen LogP contribution < -0.4 is 4.72 Å². The number of ether oxygens (including phenoxy) is 1. The molecule has 0 aromatic heterocycles. The van der Waals surface area contributed by atoms with Crippen molar-refractivity contribution in [2.24, 2.45) is 5.92 Å². The molecule has 1 saturated heterocycles. The number of nitrogens with one attached hydrogen (secondary N) is 1. The fourth-order valence-corrected chi connectivity index (χ4v) is 3.39. The lowest BCUT2D eigenvalue weighted by Gasteiger charge is -2.32. The minimum absolute atomic E-state index is 0.427. The normalized spacial score (nSPS) is 18.8. The molecule has 1 N–H and O–H groups in total. The van der Waals surface area contributed by atoms with E-state index in [1.807, 2.05) is 18.8 Å². The summed E-state index contributed by atoms with van der Waals surface area (Å²) in [4.78, 5) is 13.7. The lowest BCUT2D eigenvalue weighted by atomic mass is 9.98. The number of hydrogen-bond acceptors (Lipinski definition) is 5. The maximum atomic E-state index is 12.1. The van der Waals surface area contributed by atoms with E-state index in [-0.39, 0.29) is 0 Å². The van der Waals surface area contributed by atoms with Gasteiger partial charge < -0.3 is 9.64 Å². The van der Waals surface area contributed by atoms with Crippen molar-refractivity contribution >= 4 is 16.3 Å². The summed E-state index contributed by atoms with van der Waals surface area (Å²) in [5.74, 6) is 0.493. The van der Waals surface area contributed by atoms with E-state index in [0.29, 0.717) is 19.0 Å². The highest BCUT2D eigenvalue weighted by Crippen LogP contribution is 2.19. The molecule has 0 saturated carbocycles. The number of rotatable bonds is 4. The predicted molar refractivity (Wildman–Crippen MR) is 81.1 cm³/mol. The highest BCUT2D eigenvalue weighted by molar-refractivity contribution is 7.87. The average molecular weight is 321 g/mol. The van der Waals surface area contributed by atoms with Crippen molar-refractivity contribution in [3.05, 3.63) is 0 Å². The highest BCUT2D eigenvalue weighted by Gasteiger charge is 2.30. The van der Waals surface area contributed by atoms with Gasteiger partial charge >= 0.3 is 16.3 Å². The molecule has 1 aliphatic heterocycles. The van der Waals surface area contributed by atoms with Crippen molar-refractivity contribution in [1.82, 2.24) is 13.9 Å². The van der Waals surface area contributed by atoms with Crippen LogP contribution in [0.2, 0.25) is 0 Å². The minimum Gasteiger partial charge on any atom is -0.443 e. The molecule has 0 radical (unpaired) electrons. The Labute approximate surface area is 127 Å². The molecule has 7 nitrogen and oxygen atoms in total. The van der Waals surface area contributed by atoms with Crippen LogP contribution in [0.3, 0.4) is 0 Å². The van der Waals surface area contributed by atoms with Gasteiger partial charge in [0.2, 0.25) is 0 Å². The summed E-state index contributed by atoms with van der Waals surface area (Å²) in [6.45, 7) is 6.87. The smallest absolute Gasteiger partial charge is 0.422 e. The van der Waals surface area contributed by atoms with Gasteiger partial charge in [-0.2, -0.15) is 12.7 Å². The molecule has 0 aromatic carbocycles. The Balaban J connectivity index is 2.51. The van der Waals surface area contributed by atoms with Crippen molar-refractivity contribution in [3.8, 4) is 0 Å². The minimum atomic E-state index is -3.81. The zero-order chi connectivity index (χ0) is 16.3. The summed E-state index contributed by atoms with van der Waals surface area (Å²) in [6.07, 6.45) is 0.666. The molecule has 0 atom stereocenters. The van der Waals surface area contributed by atoms with Crippen LogP contribution in [0, 0.1) is 5.92 Å². The second-order valence-corrected chi connectivity index (χ2v) is 8.38. The third-order valence-electron chi connectivity index (χ3n) is 3.15. The Hall–Kier alpha value is -0.860. The van der Waals surface area contributed by atoms with Crippen molar-refractivity contribution in [2.45, 2.75) is 39.2 Å². The first-order valence-electron chi connectivity index (χ1n) is 7.15. The quantitative estimate of drug-likeness (QED) is 0.836. The van der Waals surface area contributed by atoms with Gasteiger partial charge in [0.1, 0.15) is 5.60 Å². The van der Waals surface area contributed by atoms with Crippen molar-refractivity contribution in [2.75, 3.05) is 33.7 Å². The first-order chi connectivity index (χ1) is 9.49. The molecule has 0 aromatic rings. The Bertz CT molecular complexity index is 449. The summed E-state index contributed by atoms with van der Waals surface area (Å²) in [7, 11) is 0.203. The summed E-state index contributed by atoms with van der Waals surface area (Å²) in [5, 5.41) is 0. The largest absolute Gasteiger partial charge is 0.443 e. The second kappa shape index (κ2) is 6.93. The molecule has 0 spiro atoms. The molecular formula is C13H27N3O4S. The van der Waals surface area contributed by atoms with Crippen LogP contribution in [0.25, 0.3) is 0 Å². The van der Waals surface area contributed by atoms with E-state index in [9.17, 15) is 13.2 Å². The number of carbonyl (C=O) groups is 1.